The molecule has 4 rings (SSSR count). The fourth-order valence-electron chi connectivity index (χ4n) is 4.53. The highest BCUT2D eigenvalue weighted by atomic mass is 16.5. The van der Waals surface area contributed by atoms with Crippen LogP contribution < -0.4 is 10.1 Å². The van der Waals surface area contributed by atoms with Crippen molar-refractivity contribution < 1.29 is 9.53 Å². The molecule has 2 saturated heterocycles. The van der Waals surface area contributed by atoms with Gasteiger partial charge in [-0.25, -0.2) is 0 Å². The summed E-state index contributed by atoms with van der Waals surface area (Å²) in [6, 6.07) is 7.47. The van der Waals surface area contributed by atoms with Crippen molar-refractivity contribution in [2.75, 3.05) is 7.05 Å². The van der Waals surface area contributed by atoms with E-state index in [4.69, 9.17) is 4.74 Å². The van der Waals surface area contributed by atoms with Gasteiger partial charge in [-0.2, -0.15) is 0 Å². The van der Waals surface area contributed by atoms with Gasteiger partial charge < -0.3 is 15.0 Å². The fourth-order valence-corrected chi connectivity index (χ4v) is 4.53. The molecular formula is C19H26N2O2. The Morgan fingerprint density at radius 3 is 2.65 bits per heavy atom. The van der Waals surface area contributed by atoms with Gasteiger partial charge in [-0.1, -0.05) is 6.07 Å². The minimum absolute atomic E-state index is 0.0371. The van der Waals surface area contributed by atoms with Crippen molar-refractivity contribution in [1.29, 1.82) is 0 Å². The topological polar surface area (TPSA) is 41.6 Å². The largest absolute Gasteiger partial charge is 0.487 e. The van der Waals surface area contributed by atoms with E-state index in [0.29, 0.717) is 23.7 Å². The molecule has 23 heavy (non-hydrogen) atoms. The van der Waals surface area contributed by atoms with Crippen LogP contribution in [0.1, 0.15) is 55.5 Å². The van der Waals surface area contributed by atoms with Gasteiger partial charge in [0.15, 0.2) is 0 Å². The van der Waals surface area contributed by atoms with E-state index < -0.39 is 0 Å². The molecule has 1 aromatic rings. The number of hydrogen-bond acceptors (Lipinski definition) is 3. The van der Waals surface area contributed by atoms with E-state index in [2.05, 4.69) is 31.1 Å². The van der Waals surface area contributed by atoms with Crippen molar-refractivity contribution in [3.63, 3.8) is 0 Å². The minimum atomic E-state index is -0.162. The molecule has 0 saturated carbocycles. The number of fused-ring (bicyclic) bond motifs is 3. The van der Waals surface area contributed by atoms with Crippen LogP contribution in [0.2, 0.25) is 0 Å². The van der Waals surface area contributed by atoms with Crippen LogP contribution in [0.3, 0.4) is 0 Å². The van der Waals surface area contributed by atoms with Crippen molar-refractivity contribution in [3.8, 4) is 5.75 Å². The molecule has 0 radical (unpaired) electrons. The molecule has 0 spiro atoms. The lowest BCUT2D eigenvalue weighted by atomic mass is 9.97. The lowest BCUT2D eigenvalue weighted by molar-refractivity contribution is 0.0881. The van der Waals surface area contributed by atoms with Gasteiger partial charge in [-0.3, -0.25) is 4.79 Å². The van der Waals surface area contributed by atoms with Gasteiger partial charge in [-0.05, 0) is 64.3 Å². The first-order valence-corrected chi connectivity index (χ1v) is 8.76. The van der Waals surface area contributed by atoms with E-state index in [0.717, 1.165) is 25.0 Å². The van der Waals surface area contributed by atoms with Crippen molar-refractivity contribution in [3.05, 3.63) is 29.3 Å². The second kappa shape index (κ2) is 5.23. The van der Waals surface area contributed by atoms with E-state index in [9.17, 15) is 4.79 Å². The molecule has 2 fully saturated rings. The van der Waals surface area contributed by atoms with Crippen LogP contribution in [-0.2, 0) is 6.42 Å². The van der Waals surface area contributed by atoms with Gasteiger partial charge in [0.2, 0.25) is 0 Å². The molecular weight excluding hydrogens is 288 g/mol. The Balaban J connectivity index is 1.45. The normalized spacial score (nSPS) is 31.5. The highest BCUT2D eigenvalue weighted by Crippen LogP contribution is 2.36. The fraction of sp³-hybridized carbons (Fsp3) is 0.632. The van der Waals surface area contributed by atoms with Crippen LogP contribution in [0.4, 0.5) is 0 Å². The Labute approximate surface area is 138 Å². The van der Waals surface area contributed by atoms with Crippen LogP contribution in [0.5, 0.6) is 5.75 Å². The van der Waals surface area contributed by atoms with E-state index in [1.165, 1.54) is 18.4 Å². The Kier molecular flexibility index (Phi) is 3.41. The highest BCUT2D eigenvalue weighted by molar-refractivity contribution is 5.95. The number of hydrogen-bond donors (Lipinski definition) is 1. The Hall–Kier alpha value is -1.55. The van der Waals surface area contributed by atoms with Crippen LogP contribution in [0.15, 0.2) is 18.2 Å². The van der Waals surface area contributed by atoms with Crippen LogP contribution >= 0.6 is 0 Å². The Morgan fingerprint density at radius 2 is 1.96 bits per heavy atom. The van der Waals surface area contributed by atoms with E-state index >= 15 is 0 Å². The number of amides is 1. The lowest BCUT2D eigenvalue weighted by Gasteiger charge is -2.36. The molecule has 3 heterocycles. The second-order valence-electron chi connectivity index (χ2n) is 8.05. The number of rotatable bonds is 2. The molecule has 124 valence electrons. The quantitative estimate of drug-likeness (QED) is 0.912. The lowest BCUT2D eigenvalue weighted by Crippen LogP contribution is -2.48. The standard InChI is InChI=1S/C19H26N2O2/c1-19(2)11-13-5-4-12(8-17(13)23-19)18(22)20-14-9-15-6-7-16(10-14)21(15)3/h4-5,8,14-16H,6-7,9-11H2,1-3H3,(H,20,22)/t14?,15-,16+. The number of ether oxygens (including phenoxy) is 1. The summed E-state index contributed by atoms with van der Waals surface area (Å²) in [6.07, 6.45) is 5.60. The van der Waals surface area contributed by atoms with Crippen molar-refractivity contribution >= 4 is 5.91 Å². The zero-order valence-corrected chi connectivity index (χ0v) is 14.3. The summed E-state index contributed by atoms with van der Waals surface area (Å²) in [5, 5.41) is 3.25. The summed E-state index contributed by atoms with van der Waals surface area (Å²) in [5.41, 5.74) is 1.75. The number of piperidine rings is 1. The van der Waals surface area contributed by atoms with Gasteiger partial charge in [0.05, 0.1) is 0 Å². The zero-order chi connectivity index (χ0) is 16.2. The number of carbonyl (C=O) groups is 1. The van der Waals surface area contributed by atoms with Gasteiger partial charge in [0, 0.05) is 30.1 Å². The van der Waals surface area contributed by atoms with Crippen molar-refractivity contribution in [2.24, 2.45) is 0 Å². The first kappa shape index (κ1) is 15.0. The summed E-state index contributed by atoms with van der Waals surface area (Å²) in [4.78, 5) is 15.1. The molecule has 3 aliphatic rings. The minimum Gasteiger partial charge on any atom is -0.487 e. The first-order chi connectivity index (χ1) is 10.9. The third-order valence-corrected chi connectivity index (χ3v) is 5.77. The first-order valence-electron chi connectivity index (χ1n) is 8.76. The maximum atomic E-state index is 12.6. The molecule has 0 aliphatic carbocycles. The van der Waals surface area contributed by atoms with Gasteiger partial charge in [0.1, 0.15) is 11.4 Å². The van der Waals surface area contributed by atoms with E-state index in [-0.39, 0.29) is 11.5 Å². The van der Waals surface area contributed by atoms with Crippen LogP contribution in [0.25, 0.3) is 0 Å². The summed E-state index contributed by atoms with van der Waals surface area (Å²) in [5.74, 6) is 0.904. The third kappa shape index (κ3) is 2.74. The summed E-state index contributed by atoms with van der Waals surface area (Å²) < 4.78 is 5.95. The highest BCUT2D eigenvalue weighted by Gasteiger charge is 2.39. The van der Waals surface area contributed by atoms with Crippen LogP contribution in [-0.4, -0.2) is 41.6 Å². The smallest absolute Gasteiger partial charge is 0.251 e. The Morgan fingerprint density at radius 1 is 1.26 bits per heavy atom. The molecule has 1 aromatic carbocycles. The molecule has 1 unspecified atom stereocenters. The molecule has 4 heteroatoms. The van der Waals surface area contributed by atoms with Crippen molar-refractivity contribution in [2.45, 2.75) is 69.7 Å². The third-order valence-electron chi connectivity index (χ3n) is 5.77. The molecule has 2 bridgehead atoms. The maximum absolute atomic E-state index is 12.6. The SMILES string of the molecule is CN1[C@@H]2CC[C@H]1CC(NC(=O)c1ccc3c(c1)OC(C)(C)C3)C2. The number of carbonyl (C=O) groups excluding carboxylic acids is 1. The number of benzene rings is 1. The molecule has 3 aliphatic heterocycles. The molecule has 0 aromatic heterocycles. The number of nitrogens with one attached hydrogen (secondary N) is 1. The summed E-state index contributed by atoms with van der Waals surface area (Å²) in [6.45, 7) is 4.17. The molecule has 1 N–H and O–H groups in total. The summed E-state index contributed by atoms with van der Waals surface area (Å²) >= 11 is 0. The van der Waals surface area contributed by atoms with Crippen LogP contribution in [0, 0.1) is 0 Å². The maximum Gasteiger partial charge on any atom is 0.251 e. The second-order valence-corrected chi connectivity index (χ2v) is 8.05. The predicted octanol–water partition coefficient (Wildman–Crippen LogP) is 2.76. The average Bonchev–Trinajstić information content (AvgIpc) is 2.88. The Bertz CT molecular complexity index is 626. The zero-order valence-electron chi connectivity index (χ0n) is 14.3. The van der Waals surface area contributed by atoms with Gasteiger partial charge in [-0.15, -0.1) is 0 Å². The van der Waals surface area contributed by atoms with Gasteiger partial charge in [0.25, 0.3) is 5.91 Å². The molecule has 4 nitrogen and oxygen atoms in total. The number of nitrogens with zero attached hydrogens (tertiary/aromatic N) is 1. The average molecular weight is 314 g/mol. The summed E-state index contributed by atoms with van der Waals surface area (Å²) in [7, 11) is 2.22. The van der Waals surface area contributed by atoms with E-state index in [1.807, 2.05) is 18.2 Å². The predicted molar refractivity (Wildman–Crippen MR) is 89.9 cm³/mol. The molecule has 3 atom stereocenters. The van der Waals surface area contributed by atoms with Crippen molar-refractivity contribution in [1.82, 2.24) is 10.2 Å². The van der Waals surface area contributed by atoms with E-state index in [1.54, 1.807) is 0 Å². The molecule has 1 amide bonds. The monoisotopic (exact) mass is 314 g/mol. The van der Waals surface area contributed by atoms with Gasteiger partial charge >= 0.3 is 0 Å².